The molecule has 2 amide bonds. The van der Waals surface area contributed by atoms with Gasteiger partial charge in [0.25, 0.3) is 0 Å². The second-order valence-corrected chi connectivity index (χ2v) is 5.90. The van der Waals surface area contributed by atoms with Crippen LogP contribution in [0.4, 0.5) is 4.79 Å². The number of aliphatic hydroxyl groups is 1. The fourth-order valence-corrected chi connectivity index (χ4v) is 2.25. The van der Waals surface area contributed by atoms with E-state index in [9.17, 15) is 9.90 Å². The van der Waals surface area contributed by atoms with Crippen molar-refractivity contribution < 1.29 is 14.6 Å². The molecule has 0 aliphatic rings. The number of carbonyl (C=O) groups is 1. The molecule has 1 rings (SSSR count). The summed E-state index contributed by atoms with van der Waals surface area (Å²) in [5.41, 5.74) is 2.17. The van der Waals surface area contributed by atoms with Crippen molar-refractivity contribution in [2.45, 2.75) is 46.8 Å². The van der Waals surface area contributed by atoms with Crippen molar-refractivity contribution in [2.75, 3.05) is 19.7 Å². The second kappa shape index (κ2) is 8.63. The Labute approximate surface area is 133 Å². The molecule has 5 nitrogen and oxygen atoms in total. The van der Waals surface area contributed by atoms with Crippen LogP contribution >= 0.6 is 0 Å². The number of aryl methyl sites for hydroxylation is 2. The molecular weight excluding hydrogens is 280 g/mol. The van der Waals surface area contributed by atoms with Crippen molar-refractivity contribution >= 4 is 6.03 Å². The second-order valence-electron chi connectivity index (χ2n) is 5.90. The highest BCUT2D eigenvalue weighted by atomic mass is 16.5. The fraction of sp³-hybridized carbons (Fsp3) is 0.588. The van der Waals surface area contributed by atoms with E-state index in [0.717, 1.165) is 16.9 Å². The maximum absolute atomic E-state index is 12.1. The van der Waals surface area contributed by atoms with Crippen LogP contribution in [-0.2, 0) is 0 Å². The van der Waals surface area contributed by atoms with Crippen molar-refractivity contribution in [3.05, 3.63) is 29.3 Å². The molecule has 0 aliphatic heterocycles. The number of ether oxygens (including phenoxy) is 1. The molecule has 22 heavy (non-hydrogen) atoms. The average Bonchev–Trinajstić information content (AvgIpc) is 2.42. The number of nitrogens with one attached hydrogen (secondary N) is 1. The molecular formula is C17H28N2O3. The third-order valence-electron chi connectivity index (χ3n) is 3.38. The van der Waals surface area contributed by atoms with Gasteiger partial charge in [-0.15, -0.1) is 0 Å². The zero-order chi connectivity index (χ0) is 16.7. The van der Waals surface area contributed by atoms with E-state index in [1.807, 2.05) is 45.9 Å². The third-order valence-corrected chi connectivity index (χ3v) is 3.38. The Hall–Kier alpha value is -1.75. The molecule has 1 atom stereocenters. The largest absolute Gasteiger partial charge is 0.491 e. The lowest BCUT2D eigenvalue weighted by atomic mass is 10.1. The summed E-state index contributed by atoms with van der Waals surface area (Å²) in [6.45, 7) is 10.7. The Morgan fingerprint density at radius 2 is 1.86 bits per heavy atom. The van der Waals surface area contributed by atoms with Gasteiger partial charge in [0.05, 0.1) is 12.6 Å². The predicted octanol–water partition coefficient (Wildman–Crippen LogP) is 2.48. The van der Waals surface area contributed by atoms with E-state index in [2.05, 4.69) is 5.32 Å². The summed E-state index contributed by atoms with van der Waals surface area (Å²) < 4.78 is 5.76. The smallest absolute Gasteiger partial charge is 0.317 e. The number of nitrogens with zero attached hydrogens (tertiary/aromatic N) is 1. The molecule has 0 saturated carbocycles. The lowest BCUT2D eigenvalue weighted by Gasteiger charge is -2.28. The van der Waals surface area contributed by atoms with Crippen LogP contribution < -0.4 is 10.1 Å². The third kappa shape index (κ3) is 5.56. The van der Waals surface area contributed by atoms with Gasteiger partial charge in [0.1, 0.15) is 12.4 Å². The van der Waals surface area contributed by atoms with Gasteiger partial charge in [-0.05, 0) is 45.7 Å². The molecule has 124 valence electrons. The highest BCUT2D eigenvalue weighted by Gasteiger charge is 2.18. The van der Waals surface area contributed by atoms with Crippen LogP contribution in [0.25, 0.3) is 0 Å². The number of rotatable bonds is 7. The van der Waals surface area contributed by atoms with E-state index in [0.29, 0.717) is 19.7 Å². The Balaban J connectivity index is 2.44. The number of carbonyl (C=O) groups excluding carboxylic acids is 1. The highest BCUT2D eigenvalue weighted by Crippen LogP contribution is 2.21. The summed E-state index contributed by atoms with van der Waals surface area (Å²) in [7, 11) is 0. The number of hydrogen-bond donors (Lipinski definition) is 2. The number of amides is 2. The highest BCUT2D eigenvalue weighted by molar-refractivity contribution is 5.74. The number of aliphatic hydroxyl groups excluding tert-OH is 1. The molecule has 0 spiro atoms. The van der Waals surface area contributed by atoms with Gasteiger partial charge in [-0.3, -0.25) is 0 Å². The Kier molecular flexibility index (Phi) is 7.18. The molecule has 0 fully saturated rings. The maximum Gasteiger partial charge on any atom is 0.317 e. The Morgan fingerprint density at radius 3 is 2.36 bits per heavy atom. The fourth-order valence-electron chi connectivity index (χ4n) is 2.25. The molecule has 0 saturated heterocycles. The number of urea groups is 1. The SMILES string of the molecule is Cc1cccc(C)c1OCCNC(=O)N(CC(C)O)C(C)C. The van der Waals surface area contributed by atoms with Crippen LogP contribution in [0.1, 0.15) is 31.9 Å². The lowest BCUT2D eigenvalue weighted by molar-refractivity contribution is 0.118. The van der Waals surface area contributed by atoms with Crippen LogP contribution in [0, 0.1) is 13.8 Å². The molecule has 0 bridgehead atoms. The lowest BCUT2D eigenvalue weighted by Crippen LogP contribution is -2.47. The molecule has 1 aromatic carbocycles. The van der Waals surface area contributed by atoms with Gasteiger partial charge in [0, 0.05) is 12.6 Å². The van der Waals surface area contributed by atoms with Gasteiger partial charge in [0.2, 0.25) is 0 Å². The van der Waals surface area contributed by atoms with E-state index >= 15 is 0 Å². The summed E-state index contributed by atoms with van der Waals surface area (Å²) >= 11 is 0. The standard InChI is InChI=1S/C17H28N2O3/c1-12(2)19(11-15(5)20)17(21)18-9-10-22-16-13(3)7-6-8-14(16)4/h6-8,12,15,20H,9-11H2,1-5H3,(H,18,21). The molecule has 0 radical (unpaired) electrons. The molecule has 0 aromatic heterocycles. The van der Waals surface area contributed by atoms with Crippen LogP contribution in [0.2, 0.25) is 0 Å². The van der Waals surface area contributed by atoms with Gasteiger partial charge in [-0.1, -0.05) is 18.2 Å². The summed E-state index contributed by atoms with van der Waals surface area (Å²) in [5, 5.41) is 12.3. The van der Waals surface area contributed by atoms with Crippen LogP contribution in [0.3, 0.4) is 0 Å². The van der Waals surface area contributed by atoms with Gasteiger partial charge in [0.15, 0.2) is 0 Å². The first-order chi connectivity index (χ1) is 10.3. The molecule has 0 heterocycles. The zero-order valence-corrected chi connectivity index (χ0v) is 14.2. The molecule has 0 aliphatic carbocycles. The average molecular weight is 308 g/mol. The van der Waals surface area contributed by atoms with Crippen molar-refractivity contribution in [1.82, 2.24) is 10.2 Å². The number of hydrogen-bond acceptors (Lipinski definition) is 3. The first-order valence-corrected chi connectivity index (χ1v) is 7.74. The molecule has 5 heteroatoms. The van der Waals surface area contributed by atoms with E-state index in [1.165, 1.54) is 0 Å². The predicted molar refractivity (Wildman–Crippen MR) is 88.3 cm³/mol. The van der Waals surface area contributed by atoms with Crippen molar-refractivity contribution in [3.8, 4) is 5.75 Å². The van der Waals surface area contributed by atoms with Crippen molar-refractivity contribution in [1.29, 1.82) is 0 Å². The summed E-state index contributed by atoms with van der Waals surface area (Å²) in [5.74, 6) is 0.876. The van der Waals surface area contributed by atoms with Gasteiger partial charge < -0.3 is 20.1 Å². The summed E-state index contributed by atoms with van der Waals surface area (Å²) in [4.78, 5) is 13.7. The summed E-state index contributed by atoms with van der Waals surface area (Å²) in [6, 6.07) is 5.86. The van der Waals surface area contributed by atoms with Gasteiger partial charge >= 0.3 is 6.03 Å². The molecule has 1 aromatic rings. The minimum absolute atomic E-state index is 0.0362. The van der Waals surface area contributed by atoms with Crippen molar-refractivity contribution in [3.63, 3.8) is 0 Å². The first-order valence-electron chi connectivity index (χ1n) is 7.74. The van der Waals surface area contributed by atoms with Crippen LogP contribution in [0.5, 0.6) is 5.75 Å². The normalized spacial score (nSPS) is 12.1. The summed E-state index contributed by atoms with van der Waals surface area (Å²) in [6.07, 6.45) is -0.543. The number of benzene rings is 1. The maximum atomic E-state index is 12.1. The van der Waals surface area contributed by atoms with Gasteiger partial charge in [-0.25, -0.2) is 4.79 Å². The molecule has 2 N–H and O–H groups in total. The quantitative estimate of drug-likeness (QED) is 0.761. The van der Waals surface area contributed by atoms with Crippen LogP contribution in [0.15, 0.2) is 18.2 Å². The number of para-hydroxylation sites is 1. The zero-order valence-electron chi connectivity index (χ0n) is 14.2. The molecule has 1 unspecified atom stereocenters. The van der Waals surface area contributed by atoms with E-state index in [4.69, 9.17) is 4.74 Å². The monoisotopic (exact) mass is 308 g/mol. The van der Waals surface area contributed by atoms with Gasteiger partial charge in [-0.2, -0.15) is 0 Å². The van der Waals surface area contributed by atoms with Crippen molar-refractivity contribution in [2.24, 2.45) is 0 Å². The van der Waals surface area contributed by atoms with E-state index in [1.54, 1.807) is 11.8 Å². The Morgan fingerprint density at radius 1 is 1.27 bits per heavy atom. The van der Waals surface area contributed by atoms with E-state index in [-0.39, 0.29) is 12.1 Å². The Bertz CT molecular complexity index is 467. The minimum atomic E-state index is -0.543. The topological polar surface area (TPSA) is 61.8 Å². The van der Waals surface area contributed by atoms with Crippen LogP contribution in [-0.4, -0.2) is 47.9 Å². The van der Waals surface area contributed by atoms with E-state index < -0.39 is 6.10 Å². The minimum Gasteiger partial charge on any atom is -0.491 e. The first kappa shape index (κ1) is 18.3.